The van der Waals surface area contributed by atoms with Gasteiger partial charge in [0.25, 0.3) is 5.91 Å². The molecule has 3 rings (SSSR count). The molecule has 2 N–H and O–H groups in total. The van der Waals surface area contributed by atoms with Gasteiger partial charge in [-0.25, -0.2) is 4.39 Å². The second kappa shape index (κ2) is 4.31. The first kappa shape index (κ1) is 12.6. The Morgan fingerprint density at radius 1 is 1.20 bits per heavy atom. The molecule has 1 aliphatic rings. The summed E-state index contributed by atoms with van der Waals surface area (Å²) in [7, 11) is 1.43. The maximum Gasteiger partial charge on any atom is 0.266 e. The van der Waals surface area contributed by atoms with Crippen molar-refractivity contribution in [3.05, 3.63) is 59.4 Å². The molecule has 0 spiro atoms. The summed E-state index contributed by atoms with van der Waals surface area (Å²) in [5.41, 5.74) is -1.54. The molecule has 0 radical (unpaired) electrons. The first-order valence-corrected chi connectivity index (χ1v) is 6.05. The first-order chi connectivity index (χ1) is 9.59. The number of fused-ring (bicyclic) bond motifs is 1. The van der Waals surface area contributed by atoms with Gasteiger partial charge in [0.1, 0.15) is 11.6 Å². The lowest BCUT2D eigenvalue weighted by atomic mass is 9.86. The summed E-state index contributed by atoms with van der Waals surface area (Å²) in [4.78, 5) is 12.2. The maximum atomic E-state index is 14.0. The van der Waals surface area contributed by atoms with Gasteiger partial charge in [-0.15, -0.1) is 0 Å². The number of ether oxygens (including phenoxy) is 1. The van der Waals surface area contributed by atoms with Crippen molar-refractivity contribution in [2.75, 3.05) is 12.4 Å². The molecule has 102 valence electrons. The minimum Gasteiger partial charge on any atom is -0.496 e. The van der Waals surface area contributed by atoms with E-state index in [-0.39, 0.29) is 11.1 Å². The van der Waals surface area contributed by atoms with E-state index in [0.29, 0.717) is 11.4 Å². The summed E-state index contributed by atoms with van der Waals surface area (Å²) < 4.78 is 19.2. The Balaban J connectivity index is 2.31. The molecule has 2 aromatic rings. The molecule has 0 bridgehead atoms. The zero-order chi connectivity index (χ0) is 14.3. The number of halogens is 1. The standard InChI is InChI=1S/C15H12FNO3/c1-20-12-8-4-7-11-13(12)15(19,14(18)17-11)9-5-2-3-6-10(9)16/h2-8,19H,1H3,(H,17,18). The Labute approximate surface area is 114 Å². The average Bonchev–Trinajstić information content (AvgIpc) is 2.72. The Hall–Kier alpha value is -2.40. The lowest BCUT2D eigenvalue weighted by Gasteiger charge is -2.23. The van der Waals surface area contributed by atoms with E-state index in [1.807, 2.05) is 0 Å². The highest BCUT2D eigenvalue weighted by Gasteiger charge is 2.50. The highest BCUT2D eigenvalue weighted by atomic mass is 19.1. The van der Waals surface area contributed by atoms with Crippen molar-refractivity contribution < 1.29 is 19.0 Å². The van der Waals surface area contributed by atoms with E-state index in [1.54, 1.807) is 24.3 Å². The quantitative estimate of drug-likeness (QED) is 0.880. The van der Waals surface area contributed by atoms with Crippen LogP contribution in [0.2, 0.25) is 0 Å². The van der Waals surface area contributed by atoms with Crippen LogP contribution in [0.4, 0.5) is 10.1 Å². The fourth-order valence-corrected chi connectivity index (χ4v) is 2.52. The van der Waals surface area contributed by atoms with E-state index < -0.39 is 17.3 Å². The third-order valence-corrected chi connectivity index (χ3v) is 3.45. The van der Waals surface area contributed by atoms with Gasteiger partial charge in [0.05, 0.1) is 18.4 Å². The smallest absolute Gasteiger partial charge is 0.266 e. The van der Waals surface area contributed by atoms with Gasteiger partial charge in [-0.1, -0.05) is 24.3 Å². The van der Waals surface area contributed by atoms with Gasteiger partial charge in [-0.2, -0.15) is 0 Å². The predicted molar refractivity (Wildman–Crippen MR) is 71.0 cm³/mol. The van der Waals surface area contributed by atoms with Crippen LogP contribution in [-0.4, -0.2) is 18.1 Å². The Bertz CT molecular complexity index is 701. The van der Waals surface area contributed by atoms with Crippen LogP contribution in [0.1, 0.15) is 11.1 Å². The van der Waals surface area contributed by atoms with Gasteiger partial charge in [0.2, 0.25) is 5.60 Å². The van der Waals surface area contributed by atoms with Crippen molar-refractivity contribution >= 4 is 11.6 Å². The van der Waals surface area contributed by atoms with E-state index in [2.05, 4.69) is 5.32 Å². The second-order valence-corrected chi connectivity index (χ2v) is 4.53. The molecule has 0 saturated heterocycles. The first-order valence-electron chi connectivity index (χ1n) is 6.05. The zero-order valence-electron chi connectivity index (χ0n) is 10.7. The van der Waals surface area contributed by atoms with Gasteiger partial charge in [0.15, 0.2) is 0 Å². The van der Waals surface area contributed by atoms with Crippen LogP contribution in [-0.2, 0) is 10.4 Å². The summed E-state index contributed by atoms with van der Waals surface area (Å²) in [6.07, 6.45) is 0. The van der Waals surface area contributed by atoms with E-state index >= 15 is 0 Å². The minimum absolute atomic E-state index is 0.0965. The fraction of sp³-hybridized carbons (Fsp3) is 0.133. The molecule has 0 fully saturated rings. The normalized spacial score (nSPS) is 20.4. The van der Waals surface area contributed by atoms with E-state index in [4.69, 9.17) is 4.74 Å². The Morgan fingerprint density at radius 2 is 1.95 bits per heavy atom. The average molecular weight is 273 g/mol. The lowest BCUT2D eigenvalue weighted by Crippen LogP contribution is -2.36. The molecule has 0 saturated carbocycles. The maximum absolute atomic E-state index is 14.0. The third-order valence-electron chi connectivity index (χ3n) is 3.45. The van der Waals surface area contributed by atoms with Gasteiger partial charge in [-0.3, -0.25) is 4.79 Å². The van der Waals surface area contributed by atoms with Crippen molar-refractivity contribution in [1.82, 2.24) is 0 Å². The summed E-state index contributed by atoms with van der Waals surface area (Å²) >= 11 is 0. The SMILES string of the molecule is COc1cccc2c1C(O)(c1ccccc1F)C(=O)N2. The van der Waals surface area contributed by atoms with Crippen molar-refractivity contribution in [1.29, 1.82) is 0 Å². The number of methoxy groups -OCH3 is 1. The summed E-state index contributed by atoms with van der Waals surface area (Å²) in [5, 5.41) is 13.4. The van der Waals surface area contributed by atoms with Crippen LogP contribution in [0.3, 0.4) is 0 Å². The molecule has 4 nitrogen and oxygen atoms in total. The summed E-state index contributed by atoms with van der Waals surface area (Å²) in [6.45, 7) is 0. The molecule has 20 heavy (non-hydrogen) atoms. The predicted octanol–water partition coefficient (Wildman–Crippen LogP) is 2.02. The zero-order valence-corrected chi connectivity index (χ0v) is 10.7. The van der Waals surface area contributed by atoms with Gasteiger partial charge >= 0.3 is 0 Å². The number of carbonyl (C=O) groups is 1. The van der Waals surface area contributed by atoms with Gasteiger partial charge < -0.3 is 15.2 Å². The number of anilines is 1. The van der Waals surface area contributed by atoms with E-state index in [9.17, 15) is 14.3 Å². The van der Waals surface area contributed by atoms with E-state index in [0.717, 1.165) is 0 Å². The number of nitrogens with one attached hydrogen (secondary N) is 1. The highest BCUT2D eigenvalue weighted by molar-refractivity contribution is 6.08. The highest BCUT2D eigenvalue weighted by Crippen LogP contribution is 2.46. The van der Waals surface area contributed by atoms with Crippen molar-refractivity contribution in [2.24, 2.45) is 0 Å². The molecular formula is C15H12FNO3. The minimum atomic E-state index is -2.09. The summed E-state index contributed by atoms with van der Waals surface area (Å²) in [6, 6.07) is 10.6. The number of carbonyl (C=O) groups excluding carboxylic acids is 1. The number of aliphatic hydroxyl groups is 1. The largest absolute Gasteiger partial charge is 0.496 e. The van der Waals surface area contributed by atoms with Crippen molar-refractivity contribution in [3.63, 3.8) is 0 Å². The molecule has 2 aromatic carbocycles. The molecule has 1 heterocycles. The van der Waals surface area contributed by atoms with Crippen molar-refractivity contribution in [3.8, 4) is 5.75 Å². The number of benzene rings is 2. The number of hydrogen-bond donors (Lipinski definition) is 2. The lowest BCUT2D eigenvalue weighted by molar-refractivity contribution is -0.130. The summed E-state index contributed by atoms with van der Waals surface area (Å²) in [5.74, 6) is -1.02. The van der Waals surface area contributed by atoms with Crippen LogP contribution in [0, 0.1) is 5.82 Å². The van der Waals surface area contributed by atoms with Crippen LogP contribution in [0.25, 0.3) is 0 Å². The van der Waals surface area contributed by atoms with Gasteiger partial charge in [0, 0.05) is 5.56 Å². The van der Waals surface area contributed by atoms with Crippen LogP contribution in [0.15, 0.2) is 42.5 Å². The van der Waals surface area contributed by atoms with Crippen LogP contribution >= 0.6 is 0 Å². The number of amides is 1. The molecule has 1 aliphatic heterocycles. The van der Waals surface area contributed by atoms with E-state index in [1.165, 1.54) is 25.3 Å². The molecular weight excluding hydrogens is 261 g/mol. The molecule has 1 amide bonds. The van der Waals surface area contributed by atoms with Crippen LogP contribution < -0.4 is 10.1 Å². The second-order valence-electron chi connectivity index (χ2n) is 4.53. The molecule has 1 atom stereocenters. The Kier molecular flexibility index (Phi) is 2.72. The molecule has 5 heteroatoms. The monoisotopic (exact) mass is 273 g/mol. The third kappa shape index (κ3) is 1.53. The fourth-order valence-electron chi connectivity index (χ4n) is 2.52. The number of hydrogen-bond acceptors (Lipinski definition) is 3. The van der Waals surface area contributed by atoms with Gasteiger partial charge in [-0.05, 0) is 18.2 Å². The number of rotatable bonds is 2. The Morgan fingerprint density at radius 3 is 2.65 bits per heavy atom. The van der Waals surface area contributed by atoms with Crippen LogP contribution in [0.5, 0.6) is 5.75 Å². The molecule has 0 aliphatic carbocycles. The van der Waals surface area contributed by atoms with Crippen molar-refractivity contribution in [2.45, 2.75) is 5.60 Å². The topological polar surface area (TPSA) is 58.6 Å². The molecule has 0 aromatic heterocycles. The molecule has 1 unspecified atom stereocenters.